The second-order valence-corrected chi connectivity index (χ2v) is 4.36. The molecule has 0 amide bonds. The molecule has 0 saturated heterocycles. The molecule has 3 heteroatoms. The molecule has 86 valence electrons. The van der Waals surface area contributed by atoms with Crippen LogP contribution in [0.5, 0.6) is 0 Å². The number of rotatable bonds is 3. The number of aliphatic hydroxyl groups excluding tert-OH is 1. The van der Waals surface area contributed by atoms with E-state index < -0.39 is 0 Å². The average Bonchev–Trinajstić information content (AvgIpc) is 2.28. The summed E-state index contributed by atoms with van der Waals surface area (Å²) in [6.45, 7) is 0.150. The number of carbonyl (C=O) groups excluding carboxylic acids is 1. The van der Waals surface area contributed by atoms with Gasteiger partial charge in [0.05, 0.1) is 19.3 Å². The van der Waals surface area contributed by atoms with Gasteiger partial charge in [-0.3, -0.25) is 0 Å². The first kappa shape index (κ1) is 11.1. The third kappa shape index (κ3) is 1.71. The first-order valence-corrected chi connectivity index (χ1v) is 5.51. The Kier molecular flexibility index (Phi) is 2.97. The van der Waals surface area contributed by atoms with Crippen LogP contribution in [-0.2, 0) is 10.2 Å². The summed E-state index contributed by atoms with van der Waals surface area (Å²) in [5.74, 6) is -0.325. The van der Waals surface area contributed by atoms with E-state index in [1.54, 1.807) is 6.07 Å². The van der Waals surface area contributed by atoms with Crippen molar-refractivity contribution in [3.05, 3.63) is 35.4 Å². The highest BCUT2D eigenvalue weighted by molar-refractivity contribution is 5.89. The molecular weight excluding hydrogens is 204 g/mol. The lowest BCUT2D eigenvalue weighted by atomic mass is 9.65. The smallest absolute Gasteiger partial charge is 0.337 e. The lowest BCUT2D eigenvalue weighted by Crippen LogP contribution is -2.38. The van der Waals surface area contributed by atoms with Gasteiger partial charge in [-0.05, 0) is 30.5 Å². The number of ether oxygens (including phenoxy) is 1. The van der Waals surface area contributed by atoms with Gasteiger partial charge in [-0.25, -0.2) is 4.79 Å². The van der Waals surface area contributed by atoms with Crippen LogP contribution in [0.4, 0.5) is 0 Å². The largest absolute Gasteiger partial charge is 0.465 e. The fourth-order valence-corrected chi connectivity index (χ4v) is 2.24. The van der Waals surface area contributed by atoms with Crippen LogP contribution in [0.25, 0.3) is 0 Å². The zero-order chi connectivity index (χ0) is 11.6. The predicted octanol–water partition coefficient (Wildman–Crippen LogP) is 1.89. The highest BCUT2D eigenvalue weighted by atomic mass is 16.5. The number of benzene rings is 1. The van der Waals surface area contributed by atoms with Crippen molar-refractivity contribution in [2.75, 3.05) is 13.7 Å². The van der Waals surface area contributed by atoms with Gasteiger partial charge in [-0.15, -0.1) is 0 Å². The molecule has 0 unspecified atom stereocenters. The quantitative estimate of drug-likeness (QED) is 0.791. The number of carbonyl (C=O) groups is 1. The molecule has 3 nitrogen and oxygen atoms in total. The molecule has 1 aliphatic carbocycles. The number of esters is 1. The molecule has 0 bridgehead atoms. The van der Waals surface area contributed by atoms with Crippen LogP contribution in [0.3, 0.4) is 0 Å². The molecule has 1 fully saturated rings. The van der Waals surface area contributed by atoms with E-state index in [4.69, 9.17) is 0 Å². The van der Waals surface area contributed by atoms with Crippen molar-refractivity contribution in [2.24, 2.45) is 0 Å². The first-order chi connectivity index (χ1) is 7.72. The highest BCUT2D eigenvalue weighted by Gasteiger charge is 2.38. The van der Waals surface area contributed by atoms with Gasteiger partial charge in [0, 0.05) is 5.41 Å². The minimum Gasteiger partial charge on any atom is -0.465 e. The second-order valence-electron chi connectivity index (χ2n) is 4.36. The predicted molar refractivity (Wildman–Crippen MR) is 60.4 cm³/mol. The number of hydrogen-bond acceptors (Lipinski definition) is 3. The molecule has 1 aromatic carbocycles. The zero-order valence-electron chi connectivity index (χ0n) is 9.40. The highest BCUT2D eigenvalue weighted by Crippen LogP contribution is 2.43. The standard InChI is InChI=1S/C13H16O3/c1-16-12(15)10-4-2-5-11(8-10)13(9-14)6-3-7-13/h2,4-5,8,14H,3,6-7,9H2,1H3. The number of hydrogen-bond donors (Lipinski definition) is 1. The molecule has 0 atom stereocenters. The van der Waals surface area contributed by atoms with E-state index in [1.807, 2.05) is 18.2 Å². The monoisotopic (exact) mass is 220 g/mol. The third-order valence-electron chi connectivity index (χ3n) is 3.51. The van der Waals surface area contributed by atoms with E-state index in [-0.39, 0.29) is 18.0 Å². The Morgan fingerprint density at radius 2 is 2.25 bits per heavy atom. The minimum atomic E-state index is -0.325. The molecule has 1 saturated carbocycles. The van der Waals surface area contributed by atoms with Crippen molar-refractivity contribution < 1.29 is 14.6 Å². The van der Waals surface area contributed by atoms with E-state index in [1.165, 1.54) is 7.11 Å². The second kappa shape index (κ2) is 4.26. The number of aliphatic hydroxyl groups is 1. The molecule has 1 aromatic rings. The van der Waals surface area contributed by atoms with E-state index in [0.717, 1.165) is 24.8 Å². The third-order valence-corrected chi connectivity index (χ3v) is 3.51. The summed E-state index contributed by atoms with van der Waals surface area (Å²) in [5, 5.41) is 9.46. The van der Waals surface area contributed by atoms with Gasteiger partial charge in [0.1, 0.15) is 0 Å². The average molecular weight is 220 g/mol. The van der Waals surface area contributed by atoms with Crippen LogP contribution in [0.15, 0.2) is 24.3 Å². The summed E-state index contributed by atoms with van der Waals surface area (Å²) in [5.41, 5.74) is 1.48. The molecule has 0 spiro atoms. The van der Waals surface area contributed by atoms with Gasteiger partial charge in [0.15, 0.2) is 0 Å². The van der Waals surface area contributed by atoms with Crippen LogP contribution < -0.4 is 0 Å². The topological polar surface area (TPSA) is 46.5 Å². The van der Waals surface area contributed by atoms with Gasteiger partial charge in [-0.1, -0.05) is 18.6 Å². The molecule has 0 radical (unpaired) electrons. The van der Waals surface area contributed by atoms with E-state index in [0.29, 0.717) is 5.56 Å². The Morgan fingerprint density at radius 1 is 1.50 bits per heavy atom. The van der Waals surface area contributed by atoms with Crippen LogP contribution in [-0.4, -0.2) is 24.8 Å². The summed E-state index contributed by atoms with van der Waals surface area (Å²) in [6, 6.07) is 7.39. The van der Waals surface area contributed by atoms with Gasteiger partial charge in [0.2, 0.25) is 0 Å². The molecule has 0 aromatic heterocycles. The fourth-order valence-electron chi connectivity index (χ4n) is 2.24. The molecular formula is C13H16O3. The summed E-state index contributed by atoms with van der Waals surface area (Å²) < 4.78 is 4.69. The Bertz CT molecular complexity index is 388. The zero-order valence-corrected chi connectivity index (χ0v) is 9.40. The van der Waals surface area contributed by atoms with Gasteiger partial charge >= 0.3 is 5.97 Å². The Hall–Kier alpha value is -1.35. The van der Waals surface area contributed by atoms with Crippen LogP contribution in [0.1, 0.15) is 35.2 Å². The summed E-state index contributed by atoms with van der Waals surface area (Å²) in [4.78, 5) is 11.4. The van der Waals surface area contributed by atoms with Crippen molar-refractivity contribution in [2.45, 2.75) is 24.7 Å². The Labute approximate surface area is 95.0 Å². The maximum Gasteiger partial charge on any atom is 0.337 e. The van der Waals surface area contributed by atoms with E-state index in [2.05, 4.69) is 4.74 Å². The summed E-state index contributed by atoms with van der Waals surface area (Å²) in [7, 11) is 1.38. The fraction of sp³-hybridized carbons (Fsp3) is 0.462. The molecule has 1 N–H and O–H groups in total. The SMILES string of the molecule is COC(=O)c1cccc(C2(CO)CCC2)c1. The number of methoxy groups -OCH3 is 1. The normalized spacial score (nSPS) is 17.6. The maximum atomic E-state index is 11.4. The van der Waals surface area contributed by atoms with E-state index in [9.17, 15) is 9.90 Å². The Morgan fingerprint density at radius 3 is 2.75 bits per heavy atom. The lowest BCUT2D eigenvalue weighted by molar-refractivity contribution is 0.0599. The summed E-state index contributed by atoms with van der Waals surface area (Å²) >= 11 is 0. The van der Waals surface area contributed by atoms with Crippen molar-refractivity contribution in [1.29, 1.82) is 0 Å². The van der Waals surface area contributed by atoms with Gasteiger partial charge in [-0.2, -0.15) is 0 Å². The van der Waals surface area contributed by atoms with Crippen molar-refractivity contribution >= 4 is 5.97 Å². The van der Waals surface area contributed by atoms with Gasteiger partial charge < -0.3 is 9.84 Å². The first-order valence-electron chi connectivity index (χ1n) is 5.51. The van der Waals surface area contributed by atoms with Crippen molar-refractivity contribution in [3.8, 4) is 0 Å². The minimum absolute atomic E-state index is 0.121. The molecule has 0 aliphatic heterocycles. The maximum absolute atomic E-state index is 11.4. The summed E-state index contributed by atoms with van der Waals surface area (Å²) in [6.07, 6.45) is 3.13. The van der Waals surface area contributed by atoms with Crippen LogP contribution in [0, 0.1) is 0 Å². The van der Waals surface area contributed by atoms with Crippen LogP contribution >= 0.6 is 0 Å². The molecule has 1 aliphatic rings. The molecule has 0 heterocycles. The van der Waals surface area contributed by atoms with Gasteiger partial charge in [0.25, 0.3) is 0 Å². The van der Waals surface area contributed by atoms with Crippen molar-refractivity contribution in [1.82, 2.24) is 0 Å². The van der Waals surface area contributed by atoms with E-state index >= 15 is 0 Å². The molecule has 2 rings (SSSR count). The lowest BCUT2D eigenvalue weighted by Gasteiger charge is -2.41. The molecule has 16 heavy (non-hydrogen) atoms. The Balaban J connectivity index is 2.32. The van der Waals surface area contributed by atoms with Crippen LogP contribution in [0.2, 0.25) is 0 Å². The van der Waals surface area contributed by atoms with Crippen molar-refractivity contribution in [3.63, 3.8) is 0 Å².